The highest BCUT2D eigenvalue weighted by atomic mass is 127. The van der Waals surface area contributed by atoms with Gasteiger partial charge in [0, 0.05) is 14.1 Å². The minimum atomic E-state index is -0.117. The fourth-order valence-electron chi connectivity index (χ4n) is 2.12. The van der Waals surface area contributed by atoms with E-state index in [4.69, 9.17) is 11.6 Å². The lowest BCUT2D eigenvalue weighted by Crippen LogP contribution is -2.52. The summed E-state index contributed by atoms with van der Waals surface area (Å²) in [4.78, 5) is 12.3. The molecule has 1 aromatic carbocycles. The maximum Gasteiger partial charge on any atom is 0.252 e. The Morgan fingerprint density at radius 3 is 2.68 bits per heavy atom. The SMILES string of the molecule is CC1(NC(=O)c2cc(Cl)ccc2I)CCNCC1.Cl. The quantitative estimate of drug-likeness (QED) is 0.729. The molecule has 1 aromatic rings. The Labute approximate surface area is 138 Å². The lowest BCUT2D eigenvalue weighted by Gasteiger charge is -2.35. The van der Waals surface area contributed by atoms with Gasteiger partial charge in [0.25, 0.3) is 5.91 Å². The maximum atomic E-state index is 12.3. The van der Waals surface area contributed by atoms with Crippen molar-refractivity contribution < 1.29 is 4.79 Å². The number of rotatable bonds is 2. The number of hydrogen-bond donors (Lipinski definition) is 2. The van der Waals surface area contributed by atoms with E-state index in [1.165, 1.54) is 0 Å². The summed E-state index contributed by atoms with van der Waals surface area (Å²) in [5, 5.41) is 7.03. The van der Waals surface area contributed by atoms with Gasteiger partial charge >= 0.3 is 0 Å². The molecule has 3 nitrogen and oxygen atoms in total. The molecule has 2 rings (SSSR count). The number of amides is 1. The summed E-state index contributed by atoms with van der Waals surface area (Å²) in [5.74, 6) is -0.0358. The van der Waals surface area contributed by atoms with Crippen molar-refractivity contribution in [2.45, 2.75) is 25.3 Å². The third-order valence-corrected chi connectivity index (χ3v) is 4.47. The predicted molar refractivity (Wildman–Crippen MR) is 89.4 cm³/mol. The molecule has 2 N–H and O–H groups in total. The second kappa shape index (κ2) is 7.11. The van der Waals surface area contributed by atoms with Gasteiger partial charge < -0.3 is 10.6 Å². The fraction of sp³-hybridized carbons (Fsp3) is 0.462. The molecule has 1 amide bonds. The van der Waals surface area contributed by atoms with Crippen molar-refractivity contribution in [3.8, 4) is 0 Å². The van der Waals surface area contributed by atoms with Gasteiger partial charge in [-0.2, -0.15) is 0 Å². The Kier molecular flexibility index (Phi) is 6.36. The van der Waals surface area contributed by atoms with Crippen molar-refractivity contribution >= 4 is 52.5 Å². The van der Waals surface area contributed by atoms with E-state index in [-0.39, 0.29) is 23.9 Å². The molecule has 1 fully saturated rings. The van der Waals surface area contributed by atoms with Gasteiger partial charge in [0.2, 0.25) is 0 Å². The molecule has 0 radical (unpaired) electrons. The molecule has 0 atom stereocenters. The van der Waals surface area contributed by atoms with Crippen LogP contribution in [-0.4, -0.2) is 24.5 Å². The van der Waals surface area contributed by atoms with Crippen LogP contribution in [0.3, 0.4) is 0 Å². The summed E-state index contributed by atoms with van der Waals surface area (Å²) in [6, 6.07) is 5.39. The number of benzene rings is 1. The first-order valence-corrected chi connectivity index (χ1v) is 7.44. The van der Waals surface area contributed by atoms with E-state index in [9.17, 15) is 4.79 Å². The van der Waals surface area contributed by atoms with Crippen molar-refractivity contribution in [3.63, 3.8) is 0 Å². The third-order valence-electron chi connectivity index (χ3n) is 3.30. The molecule has 106 valence electrons. The minimum Gasteiger partial charge on any atom is -0.347 e. The molecule has 0 saturated carbocycles. The van der Waals surface area contributed by atoms with E-state index in [1.807, 2.05) is 6.07 Å². The van der Waals surface area contributed by atoms with Gasteiger partial charge in [0.15, 0.2) is 0 Å². The number of piperidine rings is 1. The monoisotopic (exact) mass is 414 g/mol. The zero-order valence-electron chi connectivity index (χ0n) is 10.6. The van der Waals surface area contributed by atoms with Gasteiger partial charge in [0.1, 0.15) is 0 Å². The lowest BCUT2D eigenvalue weighted by molar-refractivity contribution is 0.0886. The zero-order chi connectivity index (χ0) is 13.2. The molecule has 0 aliphatic carbocycles. The molecule has 0 bridgehead atoms. The first-order valence-electron chi connectivity index (χ1n) is 5.98. The summed E-state index contributed by atoms with van der Waals surface area (Å²) in [5.41, 5.74) is 0.538. The van der Waals surface area contributed by atoms with Crippen LogP contribution in [0.4, 0.5) is 0 Å². The lowest BCUT2D eigenvalue weighted by atomic mass is 9.90. The van der Waals surface area contributed by atoms with Gasteiger partial charge in [-0.25, -0.2) is 0 Å². The average molecular weight is 415 g/mol. The van der Waals surface area contributed by atoms with E-state index >= 15 is 0 Å². The molecular formula is C13H17Cl2IN2O. The normalized spacial score (nSPS) is 17.4. The van der Waals surface area contributed by atoms with E-state index in [0.29, 0.717) is 10.6 Å². The second-order valence-corrected chi connectivity index (χ2v) is 6.49. The first kappa shape index (κ1) is 17.0. The summed E-state index contributed by atoms with van der Waals surface area (Å²) < 4.78 is 0.923. The van der Waals surface area contributed by atoms with E-state index in [0.717, 1.165) is 29.5 Å². The van der Waals surface area contributed by atoms with Gasteiger partial charge in [0.05, 0.1) is 5.56 Å². The van der Waals surface area contributed by atoms with Crippen LogP contribution in [0.1, 0.15) is 30.1 Å². The Hall–Kier alpha value is -0.0400. The maximum absolute atomic E-state index is 12.3. The highest BCUT2D eigenvalue weighted by Gasteiger charge is 2.29. The zero-order valence-corrected chi connectivity index (χ0v) is 14.4. The van der Waals surface area contributed by atoms with Crippen molar-refractivity contribution in [3.05, 3.63) is 32.4 Å². The Balaban J connectivity index is 0.00000180. The van der Waals surface area contributed by atoms with Crippen LogP contribution in [0.2, 0.25) is 5.02 Å². The second-order valence-electron chi connectivity index (χ2n) is 4.89. The van der Waals surface area contributed by atoms with Crippen molar-refractivity contribution in [1.82, 2.24) is 10.6 Å². The van der Waals surface area contributed by atoms with Crippen LogP contribution in [0, 0.1) is 3.57 Å². The fourth-order valence-corrected chi connectivity index (χ4v) is 2.87. The van der Waals surface area contributed by atoms with E-state index in [1.54, 1.807) is 12.1 Å². The third kappa shape index (κ3) is 4.48. The van der Waals surface area contributed by atoms with Crippen LogP contribution < -0.4 is 10.6 Å². The Morgan fingerprint density at radius 2 is 2.05 bits per heavy atom. The number of nitrogens with one attached hydrogen (secondary N) is 2. The van der Waals surface area contributed by atoms with Gasteiger partial charge in [-0.15, -0.1) is 12.4 Å². The van der Waals surface area contributed by atoms with Gasteiger partial charge in [-0.05, 0) is 73.6 Å². The number of carbonyl (C=O) groups is 1. The van der Waals surface area contributed by atoms with Crippen molar-refractivity contribution in [1.29, 1.82) is 0 Å². The first-order chi connectivity index (χ1) is 8.50. The van der Waals surface area contributed by atoms with Crippen LogP contribution in [0.15, 0.2) is 18.2 Å². The topological polar surface area (TPSA) is 41.1 Å². The minimum absolute atomic E-state index is 0. The van der Waals surface area contributed by atoms with Gasteiger partial charge in [-0.1, -0.05) is 11.6 Å². The average Bonchev–Trinajstić information content (AvgIpc) is 2.32. The summed E-state index contributed by atoms with van der Waals surface area (Å²) in [6.45, 7) is 4.00. The highest BCUT2D eigenvalue weighted by Crippen LogP contribution is 2.21. The Bertz CT molecular complexity index is 462. The smallest absolute Gasteiger partial charge is 0.252 e. The Morgan fingerprint density at radius 1 is 1.42 bits per heavy atom. The number of halogens is 3. The summed E-state index contributed by atoms with van der Waals surface area (Å²) >= 11 is 8.10. The van der Waals surface area contributed by atoms with Crippen molar-refractivity contribution in [2.75, 3.05) is 13.1 Å². The van der Waals surface area contributed by atoms with Crippen LogP contribution in [-0.2, 0) is 0 Å². The van der Waals surface area contributed by atoms with Crippen LogP contribution in [0.5, 0.6) is 0 Å². The van der Waals surface area contributed by atoms with Crippen LogP contribution >= 0.6 is 46.6 Å². The van der Waals surface area contributed by atoms with Gasteiger partial charge in [-0.3, -0.25) is 4.79 Å². The molecule has 1 aliphatic heterocycles. The molecule has 1 aliphatic rings. The molecule has 0 aromatic heterocycles. The molecule has 0 unspecified atom stereocenters. The molecule has 19 heavy (non-hydrogen) atoms. The van der Waals surface area contributed by atoms with Crippen molar-refractivity contribution in [2.24, 2.45) is 0 Å². The standard InChI is InChI=1S/C13H16ClIN2O.ClH/c1-13(4-6-16-7-5-13)17-12(18)10-8-9(14)2-3-11(10)15;/h2-3,8,16H,4-7H2,1H3,(H,17,18);1H. The number of hydrogen-bond acceptors (Lipinski definition) is 2. The summed E-state index contributed by atoms with van der Waals surface area (Å²) in [7, 11) is 0. The molecule has 1 heterocycles. The van der Waals surface area contributed by atoms with E-state index < -0.39 is 0 Å². The molecular weight excluding hydrogens is 398 g/mol. The largest absolute Gasteiger partial charge is 0.347 e. The predicted octanol–water partition coefficient (Wildman–Crippen LogP) is 3.24. The number of carbonyl (C=O) groups excluding carboxylic acids is 1. The molecule has 0 spiro atoms. The highest BCUT2D eigenvalue weighted by molar-refractivity contribution is 14.1. The molecule has 6 heteroatoms. The molecule has 1 saturated heterocycles. The van der Waals surface area contributed by atoms with Crippen LogP contribution in [0.25, 0.3) is 0 Å². The summed E-state index contributed by atoms with van der Waals surface area (Å²) in [6.07, 6.45) is 1.91. The van der Waals surface area contributed by atoms with E-state index in [2.05, 4.69) is 40.1 Å².